The normalized spacial score (nSPS) is 15.0. The maximum absolute atomic E-state index is 13.7. The third-order valence-corrected chi connectivity index (χ3v) is 2.44. The van der Waals surface area contributed by atoms with Crippen molar-refractivity contribution in [2.75, 3.05) is 6.61 Å². The topological polar surface area (TPSA) is 46.5 Å². The van der Waals surface area contributed by atoms with Crippen LogP contribution in [0.1, 0.15) is 25.5 Å². The highest BCUT2D eigenvalue weighted by molar-refractivity contribution is 5.74. The highest BCUT2D eigenvalue weighted by atomic mass is 19.1. The molecular formula is C14H17FO3. The highest BCUT2D eigenvalue weighted by Gasteiger charge is 2.17. The molecule has 0 fully saturated rings. The van der Waals surface area contributed by atoms with Gasteiger partial charge in [0.1, 0.15) is 11.9 Å². The van der Waals surface area contributed by atoms with E-state index >= 15 is 0 Å². The summed E-state index contributed by atoms with van der Waals surface area (Å²) in [7, 11) is 0. The number of benzene rings is 1. The summed E-state index contributed by atoms with van der Waals surface area (Å²) in [5.41, 5.74) is 0.447. The number of rotatable bonds is 5. The minimum atomic E-state index is -1.34. The number of hydrogen-bond acceptors (Lipinski definition) is 3. The molecule has 18 heavy (non-hydrogen) atoms. The minimum absolute atomic E-state index is 0.250. The number of esters is 1. The van der Waals surface area contributed by atoms with Crippen molar-refractivity contribution in [1.29, 1.82) is 0 Å². The fraction of sp³-hybridized carbons (Fsp3) is 0.357. The zero-order chi connectivity index (χ0) is 13.5. The van der Waals surface area contributed by atoms with Crippen LogP contribution >= 0.6 is 0 Å². The summed E-state index contributed by atoms with van der Waals surface area (Å²) >= 11 is 0. The van der Waals surface area contributed by atoms with Crippen LogP contribution in [-0.4, -0.2) is 17.7 Å². The van der Waals surface area contributed by atoms with E-state index < -0.39 is 23.8 Å². The monoisotopic (exact) mass is 252 g/mol. The van der Waals surface area contributed by atoms with Crippen molar-refractivity contribution in [3.05, 3.63) is 47.8 Å². The SMILES string of the molecule is CCOC(=O)C(C)/C=C(\F)C(O)c1ccccc1. The summed E-state index contributed by atoms with van der Waals surface area (Å²) in [6, 6.07) is 8.43. The molecule has 2 unspecified atom stereocenters. The minimum Gasteiger partial charge on any atom is -0.466 e. The highest BCUT2D eigenvalue weighted by Crippen LogP contribution is 2.23. The lowest BCUT2D eigenvalue weighted by molar-refractivity contribution is -0.145. The van der Waals surface area contributed by atoms with Crippen molar-refractivity contribution in [2.45, 2.75) is 20.0 Å². The van der Waals surface area contributed by atoms with Gasteiger partial charge in [0.2, 0.25) is 0 Å². The molecule has 0 spiro atoms. The van der Waals surface area contributed by atoms with E-state index in [1.165, 1.54) is 6.92 Å². The van der Waals surface area contributed by atoms with Gasteiger partial charge in [-0.05, 0) is 25.5 Å². The van der Waals surface area contributed by atoms with Crippen LogP contribution in [0.4, 0.5) is 4.39 Å². The van der Waals surface area contributed by atoms with E-state index in [1.54, 1.807) is 37.3 Å². The van der Waals surface area contributed by atoms with Gasteiger partial charge < -0.3 is 9.84 Å². The molecule has 0 aliphatic carbocycles. The molecule has 0 saturated carbocycles. The van der Waals surface area contributed by atoms with Crippen LogP contribution in [0.25, 0.3) is 0 Å². The van der Waals surface area contributed by atoms with Gasteiger partial charge in [0, 0.05) is 0 Å². The standard InChI is InChI=1S/C14H17FO3/c1-3-18-14(17)10(2)9-12(15)13(16)11-7-5-4-6-8-11/h4-10,13,16H,3H2,1-2H3/b12-9-. The van der Waals surface area contributed by atoms with E-state index in [1.807, 2.05) is 0 Å². The molecule has 2 atom stereocenters. The molecule has 1 aromatic carbocycles. The molecule has 0 bridgehead atoms. The Morgan fingerprint density at radius 3 is 2.61 bits per heavy atom. The second-order valence-electron chi connectivity index (χ2n) is 3.91. The maximum atomic E-state index is 13.7. The van der Waals surface area contributed by atoms with E-state index in [0.29, 0.717) is 5.56 Å². The summed E-state index contributed by atoms with van der Waals surface area (Å²) in [5.74, 6) is -1.97. The van der Waals surface area contributed by atoms with Crippen LogP contribution in [0.5, 0.6) is 0 Å². The quantitative estimate of drug-likeness (QED) is 0.820. The van der Waals surface area contributed by atoms with Crippen LogP contribution < -0.4 is 0 Å². The van der Waals surface area contributed by atoms with E-state index in [9.17, 15) is 14.3 Å². The number of carbonyl (C=O) groups excluding carboxylic acids is 1. The third-order valence-electron chi connectivity index (χ3n) is 2.44. The van der Waals surface area contributed by atoms with Gasteiger partial charge in [0.15, 0.2) is 0 Å². The molecule has 0 aliphatic rings. The number of carbonyl (C=O) groups is 1. The lowest BCUT2D eigenvalue weighted by atomic mass is 10.1. The lowest BCUT2D eigenvalue weighted by Gasteiger charge is -2.11. The second-order valence-corrected chi connectivity index (χ2v) is 3.91. The Hall–Kier alpha value is -1.68. The molecule has 98 valence electrons. The van der Waals surface area contributed by atoms with Crippen molar-refractivity contribution >= 4 is 5.97 Å². The summed E-state index contributed by atoms with van der Waals surface area (Å²) in [4.78, 5) is 11.3. The number of aliphatic hydroxyl groups excluding tert-OH is 1. The van der Waals surface area contributed by atoms with E-state index in [-0.39, 0.29) is 6.61 Å². The summed E-state index contributed by atoms with van der Waals surface area (Å²) < 4.78 is 18.5. The van der Waals surface area contributed by atoms with Crippen LogP contribution in [0.15, 0.2) is 42.2 Å². The van der Waals surface area contributed by atoms with Crippen molar-refractivity contribution in [3.8, 4) is 0 Å². The first-order valence-electron chi connectivity index (χ1n) is 5.83. The molecule has 0 aliphatic heterocycles. The van der Waals surface area contributed by atoms with Gasteiger partial charge in [-0.1, -0.05) is 30.3 Å². The molecule has 0 saturated heterocycles. The Balaban J connectivity index is 2.74. The van der Waals surface area contributed by atoms with E-state index in [2.05, 4.69) is 0 Å². The molecule has 1 aromatic rings. The first kappa shape index (κ1) is 14.4. The Morgan fingerprint density at radius 2 is 2.06 bits per heavy atom. The summed E-state index contributed by atoms with van der Waals surface area (Å²) in [6.45, 7) is 3.46. The number of aliphatic hydroxyl groups is 1. The first-order valence-corrected chi connectivity index (χ1v) is 5.83. The van der Waals surface area contributed by atoms with Crippen LogP contribution in [-0.2, 0) is 9.53 Å². The third kappa shape index (κ3) is 3.96. The molecule has 3 nitrogen and oxygen atoms in total. The molecule has 0 aromatic heterocycles. The predicted molar refractivity (Wildman–Crippen MR) is 66.4 cm³/mol. The first-order chi connectivity index (χ1) is 8.56. The summed E-state index contributed by atoms with van der Waals surface area (Å²) in [5, 5.41) is 9.75. The average molecular weight is 252 g/mol. The van der Waals surface area contributed by atoms with Gasteiger partial charge in [-0.25, -0.2) is 4.39 Å². The fourth-order valence-electron chi connectivity index (χ4n) is 1.47. The smallest absolute Gasteiger partial charge is 0.312 e. The zero-order valence-corrected chi connectivity index (χ0v) is 10.5. The van der Waals surface area contributed by atoms with Gasteiger partial charge in [0.25, 0.3) is 0 Å². The predicted octanol–water partition coefficient (Wildman–Crippen LogP) is 2.77. The van der Waals surface area contributed by atoms with Gasteiger partial charge in [-0.3, -0.25) is 4.79 Å². The molecule has 1 N–H and O–H groups in total. The number of halogens is 1. The van der Waals surface area contributed by atoms with E-state index in [0.717, 1.165) is 6.08 Å². The van der Waals surface area contributed by atoms with Crippen LogP contribution in [0, 0.1) is 5.92 Å². The molecule has 0 amide bonds. The van der Waals surface area contributed by atoms with Gasteiger partial charge in [-0.15, -0.1) is 0 Å². The largest absolute Gasteiger partial charge is 0.466 e. The van der Waals surface area contributed by atoms with Crippen molar-refractivity contribution in [1.82, 2.24) is 0 Å². The molecule has 0 radical (unpaired) electrons. The Labute approximate surface area is 106 Å². The lowest BCUT2D eigenvalue weighted by Crippen LogP contribution is -2.13. The van der Waals surface area contributed by atoms with Crippen LogP contribution in [0.2, 0.25) is 0 Å². The van der Waals surface area contributed by atoms with Gasteiger partial charge in [-0.2, -0.15) is 0 Å². The summed E-state index contributed by atoms with van der Waals surface area (Å²) in [6.07, 6.45) is -0.265. The van der Waals surface area contributed by atoms with Crippen LogP contribution in [0.3, 0.4) is 0 Å². The zero-order valence-electron chi connectivity index (χ0n) is 10.5. The second kappa shape index (κ2) is 6.91. The molecule has 4 heteroatoms. The Kier molecular flexibility index (Phi) is 5.52. The van der Waals surface area contributed by atoms with Gasteiger partial charge >= 0.3 is 5.97 Å². The van der Waals surface area contributed by atoms with Crippen molar-refractivity contribution in [3.63, 3.8) is 0 Å². The van der Waals surface area contributed by atoms with Gasteiger partial charge in [0.05, 0.1) is 12.5 Å². The number of hydrogen-bond donors (Lipinski definition) is 1. The average Bonchev–Trinajstić information content (AvgIpc) is 2.39. The number of ether oxygens (including phenoxy) is 1. The maximum Gasteiger partial charge on any atom is 0.312 e. The fourth-order valence-corrected chi connectivity index (χ4v) is 1.47. The molecule has 0 heterocycles. The molecular weight excluding hydrogens is 235 g/mol. The van der Waals surface area contributed by atoms with Crippen molar-refractivity contribution in [2.24, 2.45) is 5.92 Å². The van der Waals surface area contributed by atoms with E-state index in [4.69, 9.17) is 4.74 Å². The Bertz CT molecular complexity index is 414. The van der Waals surface area contributed by atoms with Crippen molar-refractivity contribution < 1.29 is 19.0 Å². The molecule has 1 rings (SSSR count). The Morgan fingerprint density at radius 1 is 1.44 bits per heavy atom.